The fourth-order valence-corrected chi connectivity index (χ4v) is 2.81. The highest BCUT2D eigenvalue weighted by molar-refractivity contribution is 4.82. The van der Waals surface area contributed by atoms with Crippen molar-refractivity contribution in [2.24, 2.45) is 11.3 Å². The fraction of sp³-hybridized carbons (Fsp3) is 1.00. The molecule has 102 valence electrons. The Morgan fingerprint density at radius 2 is 2.12 bits per heavy atom. The zero-order chi connectivity index (χ0) is 12.9. The van der Waals surface area contributed by atoms with E-state index < -0.39 is 0 Å². The Morgan fingerprint density at radius 1 is 1.41 bits per heavy atom. The van der Waals surface area contributed by atoms with Crippen molar-refractivity contribution in [2.75, 3.05) is 40.4 Å². The van der Waals surface area contributed by atoms with E-state index in [4.69, 9.17) is 4.74 Å². The standard InChI is InChI=1S/C14H30N2O/c1-14(2,3)13(15-4)7-9-16-8-6-12(10-16)11-17-5/h12-13,15H,6-11H2,1-5H3. The highest BCUT2D eigenvalue weighted by atomic mass is 16.5. The van der Waals surface area contributed by atoms with Crippen LogP contribution in [0.5, 0.6) is 0 Å². The SMILES string of the molecule is CNC(CCN1CCC(COC)C1)C(C)(C)C. The van der Waals surface area contributed by atoms with E-state index in [0.29, 0.717) is 11.5 Å². The van der Waals surface area contributed by atoms with Gasteiger partial charge in [-0.05, 0) is 44.3 Å². The van der Waals surface area contributed by atoms with Gasteiger partial charge >= 0.3 is 0 Å². The van der Waals surface area contributed by atoms with Crippen LogP contribution in [0.25, 0.3) is 0 Å². The van der Waals surface area contributed by atoms with Gasteiger partial charge in [0.1, 0.15) is 0 Å². The first kappa shape index (κ1) is 14.9. The second-order valence-electron chi connectivity index (χ2n) is 6.41. The topological polar surface area (TPSA) is 24.5 Å². The number of ether oxygens (including phenoxy) is 1. The van der Waals surface area contributed by atoms with Gasteiger partial charge in [-0.1, -0.05) is 20.8 Å². The molecule has 1 rings (SSSR count). The van der Waals surface area contributed by atoms with Gasteiger partial charge in [-0.2, -0.15) is 0 Å². The number of hydrogen-bond acceptors (Lipinski definition) is 3. The number of nitrogens with one attached hydrogen (secondary N) is 1. The highest BCUT2D eigenvalue weighted by Gasteiger charge is 2.26. The molecule has 0 aliphatic carbocycles. The third kappa shape index (κ3) is 4.94. The number of hydrogen-bond donors (Lipinski definition) is 1. The van der Waals surface area contributed by atoms with Gasteiger partial charge in [0, 0.05) is 19.7 Å². The lowest BCUT2D eigenvalue weighted by Crippen LogP contribution is -2.40. The van der Waals surface area contributed by atoms with Gasteiger partial charge in [-0.15, -0.1) is 0 Å². The van der Waals surface area contributed by atoms with Crippen molar-refractivity contribution in [1.29, 1.82) is 0 Å². The van der Waals surface area contributed by atoms with Crippen molar-refractivity contribution in [3.63, 3.8) is 0 Å². The lowest BCUT2D eigenvalue weighted by atomic mass is 9.85. The van der Waals surface area contributed by atoms with Crippen LogP contribution in [-0.4, -0.2) is 51.3 Å². The zero-order valence-corrected chi connectivity index (χ0v) is 12.3. The summed E-state index contributed by atoms with van der Waals surface area (Å²) >= 11 is 0. The normalized spacial score (nSPS) is 24.2. The van der Waals surface area contributed by atoms with E-state index in [2.05, 4.69) is 38.0 Å². The first-order valence-corrected chi connectivity index (χ1v) is 6.86. The van der Waals surface area contributed by atoms with E-state index >= 15 is 0 Å². The van der Waals surface area contributed by atoms with E-state index in [0.717, 1.165) is 12.5 Å². The lowest BCUT2D eigenvalue weighted by Gasteiger charge is -2.31. The average molecular weight is 242 g/mol. The summed E-state index contributed by atoms with van der Waals surface area (Å²) in [6.07, 6.45) is 2.54. The van der Waals surface area contributed by atoms with Crippen LogP contribution < -0.4 is 5.32 Å². The predicted molar refractivity (Wildman–Crippen MR) is 73.3 cm³/mol. The van der Waals surface area contributed by atoms with Gasteiger partial charge in [-0.3, -0.25) is 0 Å². The summed E-state index contributed by atoms with van der Waals surface area (Å²) < 4.78 is 5.24. The average Bonchev–Trinajstić information content (AvgIpc) is 2.65. The Kier molecular flexibility index (Phi) is 5.90. The minimum atomic E-state index is 0.348. The van der Waals surface area contributed by atoms with Crippen molar-refractivity contribution >= 4 is 0 Å². The van der Waals surface area contributed by atoms with E-state index in [1.807, 2.05) is 0 Å². The summed E-state index contributed by atoms with van der Waals surface area (Å²) in [6, 6.07) is 0.601. The molecule has 0 bridgehead atoms. The lowest BCUT2D eigenvalue weighted by molar-refractivity contribution is 0.151. The van der Waals surface area contributed by atoms with Gasteiger partial charge in [0.05, 0.1) is 6.61 Å². The molecule has 1 aliphatic rings. The van der Waals surface area contributed by atoms with Crippen LogP contribution in [0.4, 0.5) is 0 Å². The van der Waals surface area contributed by atoms with Crippen molar-refractivity contribution in [1.82, 2.24) is 10.2 Å². The van der Waals surface area contributed by atoms with Crippen molar-refractivity contribution in [2.45, 2.75) is 39.7 Å². The zero-order valence-electron chi connectivity index (χ0n) is 12.3. The Labute approximate surface area is 107 Å². The summed E-state index contributed by atoms with van der Waals surface area (Å²) in [4.78, 5) is 2.58. The molecule has 0 radical (unpaired) electrons. The molecule has 17 heavy (non-hydrogen) atoms. The molecular formula is C14H30N2O. The molecule has 2 atom stereocenters. The Morgan fingerprint density at radius 3 is 2.65 bits per heavy atom. The molecule has 3 heteroatoms. The summed E-state index contributed by atoms with van der Waals surface area (Å²) in [7, 11) is 3.88. The third-order valence-electron chi connectivity index (χ3n) is 3.90. The number of nitrogens with zero attached hydrogens (tertiary/aromatic N) is 1. The fourth-order valence-electron chi connectivity index (χ4n) is 2.81. The van der Waals surface area contributed by atoms with Crippen LogP contribution in [0.2, 0.25) is 0 Å². The van der Waals surface area contributed by atoms with E-state index in [1.54, 1.807) is 7.11 Å². The quantitative estimate of drug-likeness (QED) is 0.771. The molecule has 1 heterocycles. The molecule has 0 aromatic rings. The minimum absolute atomic E-state index is 0.348. The van der Waals surface area contributed by atoms with Crippen LogP contribution in [-0.2, 0) is 4.74 Å². The molecule has 0 aromatic heterocycles. The van der Waals surface area contributed by atoms with E-state index in [-0.39, 0.29) is 0 Å². The summed E-state index contributed by atoms with van der Waals surface area (Å²) in [5.74, 6) is 0.752. The van der Waals surface area contributed by atoms with Crippen LogP contribution in [0.3, 0.4) is 0 Å². The van der Waals surface area contributed by atoms with Crippen LogP contribution in [0.1, 0.15) is 33.6 Å². The Balaban J connectivity index is 2.27. The Hall–Kier alpha value is -0.120. The number of rotatable bonds is 6. The molecule has 1 aliphatic heterocycles. The van der Waals surface area contributed by atoms with Gasteiger partial charge in [0.25, 0.3) is 0 Å². The van der Waals surface area contributed by atoms with Gasteiger partial charge in [0.2, 0.25) is 0 Å². The summed E-state index contributed by atoms with van der Waals surface area (Å²) in [6.45, 7) is 11.5. The van der Waals surface area contributed by atoms with Gasteiger partial charge in [-0.25, -0.2) is 0 Å². The van der Waals surface area contributed by atoms with Crippen molar-refractivity contribution in [3.8, 4) is 0 Å². The molecule has 2 unspecified atom stereocenters. The molecule has 1 N–H and O–H groups in total. The van der Waals surface area contributed by atoms with Gasteiger partial charge < -0.3 is 15.0 Å². The number of likely N-dealkylation sites (tertiary alicyclic amines) is 1. The maximum absolute atomic E-state index is 5.24. The number of methoxy groups -OCH3 is 1. The maximum Gasteiger partial charge on any atom is 0.0503 e. The largest absolute Gasteiger partial charge is 0.384 e. The molecule has 0 amide bonds. The smallest absolute Gasteiger partial charge is 0.0503 e. The molecule has 1 saturated heterocycles. The van der Waals surface area contributed by atoms with Crippen molar-refractivity contribution in [3.05, 3.63) is 0 Å². The van der Waals surface area contributed by atoms with E-state index in [9.17, 15) is 0 Å². The second-order valence-corrected chi connectivity index (χ2v) is 6.41. The molecule has 3 nitrogen and oxygen atoms in total. The maximum atomic E-state index is 5.24. The second kappa shape index (κ2) is 6.72. The summed E-state index contributed by atoms with van der Waals surface area (Å²) in [5.41, 5.74) is 0.348. The van der Waals surface area contributed by atoms with Crippen LogP contribution in [0, 0.1) is 11.3 Å². The Bertz CT molecular complexity index is 213. The molecular weight excluding hydrogens is 212 g/mol. The van der Waals surface area contributed by atoms with Crippen LogP contribution in [0.15, 0.2) is 0 Å². The third-order valence-corrected chi connectivity index (χ3v) is 3.90. The molecule has 0 saturated carbocycles. The first-order chi connectivity index (χ1) is 7.97. The highest BCUT2D eigenvalue weighted by Crippen LogP contribution is 2.23. The van der Waals surface area contributed by atoms with Crippen LogP contribution >= 0.6 is 0 Å². The molecule has 0 aromatic carbocycles. The minimum Gasteiger partial charge on any atom is -0.384 e. The summed E-state index contributed by atoms with van der Waals surface area (Å²) in [5, 5.41) is 3.45. The first-order valence-electron chi connectivity index (χ1n) is 6.86. The van der Waals surface area contributed by atoms with Gasteiger partial charge in [0.15, 0.2) is 0 Å². The molecule has 1 fully saturated rings. The predicted octanol–water partition coefficient (Wildman–Crippen LogP) is 1.98. The van der Waals surface area contributed by atoms with E-state index in [1.165, 1.54) is 32.5 Å². The monoisotopic (exact) mass is 242 g/mol. The van der Waals surface area contributed by atoms with Crippen molar-refractivity contribution < 1.29 is 4.74 Å². The molecule has 0 spiro atoms.